The molecule has 0 radical (unpaired) electrons. The maximum absolute atomic E-state index is 13.7. The zero-order chi connectivity index (χ0) is 17.4. The van der Waals surface area contributed by atoms with Crippen molar-refractivity contribution in [1.82, 2.24) is 10.2 Å². The molecule has 1 aromatic carbocycles. The van der Waals surface area contributed by atoms with Crippen LogP contribution in [-0.4, -0.2) is 51.3 Å². The van der Waals surface area contributed by atoms with E-state index in [1.54, 1.807) is 20.2 Å². The fraction of sp³-hybridized carbons (Fsp3) is 0.611. The van der Waals surface area contributed by atoms with E-state index in [-0.39, 0.29) is 12.4 Å². The van der Waals surface area contributed by atoms with Crippen LogP contribution in [0.5, 0.6) is 0 Å². The van der Waals surface area contributed by atoms with E-state index in [4.69, 9.17) is 9.47 Å². The standard InChI is InChI=1S/C18H28FN3O2/c1-4-24-12-15-7-8-22(11-15)18(20-2)21-10-14-5-6-17(19)16(9-14)13-23-3/h5-6,9,15H,4,7-8,10-13H2,1-3H3,(H,20,21). The molecule has 0 aromatic heterocycles. The molecule has 1 fully saturated rings. The van der Waals surface area contributed by atoms with Crippen molar-refractivity contribution in [3.05, 3.63) is 35.1 Å². The number of likely N-dealkylation sites (tertiary alicyclic amines) is 1. The Bertz CT molecular complexity index is 551. The van der Waals surface area contributed by atoms with Crippen molar-refractivity contribution in [3.63, 3.8) is 0 Å². The lowest BCUT2D eigenvalue weighted by Crippen LogP contribution is -2.39. The lowest BCUT2D eigenvalue weighted by Gasteiger charge is -2.22. The summed E-state index contributed by atoms with van der Waals surface area (Å²) in [6.07, 6.45) is 1.12. The highest BCUT2D eigenvalue weighted by Crippen LogP contribution is 2.17. The first-order valence-corrected chi connectivity index (χ1v) is 8.47. The van der Waals surface area contributed by atoms with Crippen molar-refractivity contribution in [2.45, 2.75) is 26.5 Å². The van der Waals surface area contributed by atoms with Gasteiger partial charge in [-0.05, 0) is 31.0 Å². The smallest absolute Gasteiger partial charge is 0.193 e. The Kier molecular flexibility index (Phi) is 7.46. The second-order valence-corrected chi connectivity index (χ2v) is 6.02. The number of rotatable bonds is 7. The third kappa shape index (κ3) is 5.18. The van der Waals surface area contributed by atoms with Gasteiger partial charge >= 0.3 is 0 Å². The van der Waals surface area contributed by atoms with Crippen molar-refractivity contribution in [2.24, 2.45) is 10.9 Å². The largest absolute Gasteiger partial charge is 0.381 e. The molecule has 1 unspecified atom stereocenters. The number of hydrogen-bond acceptors (Lipinski definition) is 3. The van der Waals surface area contributed by atoms with Gasteiger partial charge in [-0.3, -0.25) is 4.99 Å². The zero-order valence-electron chi connectivity index (χ0n) is 14.8. The SMILES string of the molecule is CCOCC1CCN(C(=NC)NCc2ccc(F)c(COC)c2)C1. The number of ether oxygens (including phenoxy) is 2. The zero-order valence-corrected chi connectivity index (χ0v) is 14.8. The molecule has 0 bridgehead atoms. The fourth-order valence-electron chi connectivity index (χ4n) is 2.96. The molecule has 24 heavy (non-hydrogen) atoms. The molecule has 0 saturated carbocycles. The third-order valence-corrected chi connectivity index (χ3v) is 4.22. The van der Waals surface area contributed by atoms with Gasteiger partial charge in [0.2, 0.25) is 0 Å². The summed E-state index contributed by atoms with van der Waals surface area (Å²) in [6, 6.07) is 5.11. The molecule has 1 atom stereocenters. The van der Waals surface area contributed by atoms with E-state index in [9.17, 15) is 4.39 Å². The Morgan fingerprint density at radius 3 is 3.00 bits per heavy atom. The molecular weight excluding hydrogens is 309 g/mol. The van der Waals surface area contributed by atoms with Crippen molar-refractivity contribution in [2.75, 3.05) is 40.5 Å². The van der Waals surface area contributed by atoms with Crippen LogP contribution in [0, 0.1) is 11.7 Å². The molecule has 1 heterocycles. The molecule has 0 aliphatic carbocycles. The molecule has 0 spiro atoms. The molecule has 1 N–H and O–H groups in total. The molecule has 1 aliphatic heterocycles. The van der Waals surface area contributed by atoms with Gasteiger partial charge in [0.25, 0.3) is 0 Å². The predicted molar refractivity (Wildman–Crippen MR) is 93.5 cm³/mol. The number of methoxy groups -OCH3 is 1. The summed E-state index contributed by atoms with van der Waals surface area (Å²) in [5, 5.41) is 3.36. The maximum atomic E-state index is 13.7. The summed E-state index contributed by atoms with van der Waals surface area (Å²) in [6.45, 7) is 6.41. The van der Waals surface area contributed by atoms with Crippen LogP contribution >= 0.6 is 0 Å². The van der Waals surface area contributed by atoms with E-state index in [1.165, 1.54) is 6.07 Å². The van der Waals surface area contributed by atoms with Crippen LogP contribution in [0.2, 0.25) is 0 Å². The molecule has 1 aliphatic rings. The monoisotopic (exact) mass is 337 g/mol. The molecule has 0 amide bonds. The summed E-state index contributed by atoms with van der Waals surface area (Å²) in [5.74, 6) is 1.21. The minimum Gasteiger partial charge on any atom is -0.381 e. The van der Waals surface area contributed by atoms with Gasteiger partial charge in [0, 0.05) is 51.9 Å². The Morgan fingerprint density at radius 2 is 2.29 bits per heavy atom. The topological polar surface area (TPSA) is 46.1 Å². The van der Waals surface area contributed by atoms with Crippen LogP contribution in [0.1, 0.15) is 24.5 Å². The Morgan fingerprint density at radius 1 is 1.46 bits per heavy atom. The lowest BCUT2D eigenvalue weighted by atomic mass is 10.1. The van der Waals surface area contributed by atoms with Gasteiger partial charge in [-0.1, -0.05) is 6.07 Å². The summed E-state index contributed by atoms with van der Waals surface area (Å²) in [7, 11) is 3.36. The number of hydrogen-bond donors (Lipinski definition) is 1. The van der Waals surface area contributed by atoms with Gasteiger partial charge in [-0.2, -0.15) is 0 Å². The van der Waals surface area contributed by atoms with E-state index in [0.29, 0.717) is 18.0 Å². The first-order chi connectivity index (χ1) is 11.7. The highest BCUT2D eigenvalue weighted by Gasteiger charge is 2.24. The number of aliphatic imine (C=N–C) groups is 1. The number of halogens is 1. The average Bonchev–Trinajstić information content (AvgIpc) is 3.05. The first-order valence-electron chi connectivity index (χ1n) is 8.47. The number of guanidine groups is 1. The van der Waals surface area contributed by atoms with Crippen LogP contribution in [0.25, 0.3) is 0 Å². The number of nitrogens with one attached hydrogen (secondary N) is 1. The van der Waals surface area contributed by atoms with Crippen LogP contribution in [0.15, 0.2) is 23.2 Å². The lowest BCUT2D eigenvalue weighted by molar-refractivity contribution is 0.114. The third-order valence-electron chi connectivity index (χ3n) is 4.22. The van der Waals surface area contributed by atoms with Crippen LogP contribution in [-0.2, 0) is 22.6 Å². The Hall–Kier alpha value is -1.66. The number of benzene rings is 1. The van der Waals surface area contributed by atoms with Gasteiger partial charge < -0.3 is 19.7 Å². The van der Waals surface area contributed by atoms with Crippen molar-refractivity contribution in [1.29, 1.82) is 0 Å². The minimum absolute atomic E-state index is 0.233. The van der Waals surface area contributed by atoms with Crippen LogP contribution in [0.3, 0.4) is 0 Å². The van der Waals surface area contributed by atoms with Gasteiger partial charge in [0.1, 0.15) is 5.82 Å². The van der Waals surface area contributed by atoms with E-state index < -0.39 is 0 Å². The van der Waals surface area contributed by atoms with Crippen molar-refractivity contribution >= 4 is 5.96 Å². The van der Waals surface area contributed by atoms with E-state index in [1.807, 2.05) is 13.0 Å². The predicted octanol–water partition coefficient (Wildman–Crippen LogP) is 2.41. The van der Waals surface area contributed by atoms with Crippen molar-refractivity contribution in [3.8, 4) is 0 Å². The molecular formula is C18H28FN3O2. The Balaban J connectivity index is 1.89. The van der Waals surface area contributed by atoms with E-state index >= 15 is 0 Å². The van der Waals surface area contributed by atoms with Crippen LogP contribution < -0.4 is 5.32 Å². The van der Waals surface area contributed by atoms with E-state index in [0.717, 1.165) is 44.2 Å². The van der Waals surface area contributed by atoms with Gasteiger partial charge in [-0.25, -0.2) is 4.39 Å². The molecule has 134 valence electrons. The molecule has 5 nitrogen and oxygen atoms in total. The van der Waals surface area contributed by atoms with E-state index in [2.05, 4.69) is 15.2 Å². The molecule has 6 heteroatoms. The first kappa shape index (κ1) is 18.7. The summed E-state index contributed by atoms with van der Waals surface area (Å²) >= 11 is 0. The minimum atomic E-state index is -0.233. The quantitative estimate of drug-likeness (QED) is 0.613. The fourth-order valence-corrected chi connectivity index (χ4v) is 2.96. The maximum Gasteiger partial charge on any atom is 0.193 e. The summed E-state index contributed by atoms with van der Waals surface area (Å²) in [4.78, 5) is 6.62. The average molecular weight is 337 g/mol. The number of nitrogens with zero attached hydrogens (tertiary/aromatic N) is 2. The van der Waals surface area contributed by atoms with Crippen molar-refractivity contribution < 1.29 is 13.9 Å². The molecule has 1 saturated heterocycles. The van der Waals surface area contributed by atoms with Gasteiger partial charge in [0.05, 0.1) is 13.2 Å². The highest BCUT2D eigenvalue weighted by molar-refractivity contribution is 5.80. The molecule has 2 rings (SSSR count). The molecule has 1 aromatic rings. The summed E-state index contributed by atoms with van der Waals surface area (Å²) in [5.41, 5.74) is 1.58. The highest BCUT2D eigenvalue weighted by atomic mass is 19.1. The summed E-state index contributed by atoms with van der Waals surface area (Å²) < 4.78 is 24.2. The normalized spacial score (nSPS) is 18.2. The Labute approximate surface area is 143 Å². The van der Waals surface area contributed by atoms with Gasteiger partial charge in [0.15, 0.2) is 5.96 Å². The second kappa shape index (κ2) is 9.59. The van der Waals surface area contributed by atoms with Crippen LogP contribution in [0.4, 0.5) is 4.39 Å². The second-order valence-electron chi connectivity index (χ2n) is 6.02. The van der Waals surface area contributed by atoms with Gasteiger partial charge in [-0.15, -0.1) is 0 Å².